The van der Waals surface area contributed by atoms with Gasteiger partial charge in [0.05, 0.1) is 38.1 Å². The highest BCUT2D eigenvalue weighted by molar-refractivity contribution is 7.17. The van der Waals surface area contributed by atoms with E-state index in [1.54, 1.807) is 32.4 Å². The average molecular weight is 567 g/mol. The van der Waals surface area contributed by atoms with Crippen LogP contribution in [0.2, 0.25) is 0 Å². The molecule has 0 atom stereocenters. The van der Waals surface area contributed by atoms with E-state index in [1.807, 2.05) is 63.2 Å². The number of carbonyl (C=O) groups is 2. The van der Waals surface area contributed by atoms with Crippen molar-refractivity contribution in [3.63, 3.8) is 0 Å². The number of ether oxygens (including phenoxy) is 3. The van der Waals surface area contributed by atoms with Crippen LogP contribution < -0.4 is 14.8 Å². The van der Waals surface area contributed by atoms with Crippen molar-refractivity contribution >= 4 is 39.1 Å². The molecule has 5 aromatic rings. The van der Waals surface area contributed by atoms with Gasteiger partial charge in [-0.05, 0) is 62.2 Å². The molecule has 0 fully saturated rings. The van der Waals surface area contributed by atoms with Crippen LogP contribution >= 0.6 is 11.3 Å². The maximum atomic E-state index is 14.0. The molecule has 0 unspecified atom stereocenters. The number of aromatic nitrogens is 1. The van der Waals surface area contributed by atoms with Crippen molar-refractivity contribution in [2.24, 2.45) is 0 Å². The van der Waals surface area contributed by atoms with Crippen LogP contribution in [0.1, 0.15) is 36.7 Å². The number of hydrogen-bond acceptors (Lipinski definition) is 7. The first-order valence-electron chi connectivity index (χ1n) is 13.0. The van der Waals surface area contributed by atoms with E-state index in [0.29, 0.717) is 49.8 Å². The summed E-state index contributed by atoms with van der Waals surface area (Å²) in [5.41, 5.74) is 6.47. The Morgan fingerprint density at radius 3 is 2.34 bits per heavy atom. The number of rotatable bonds is 7. The van der Waals surface area contributed by atoms with Crippen molar-refractivity contribution < 1.29 is 23.8 Å². The number of anilines is 1. The van der Waals surface area contributed by atoms with Gasteiger partial charge in [0.1, 0.15) is 22.1 Å². The van der Waals surface area contributed by atoms with Crippen molar-refractivity contribution in [1.82, 2.24) is 4.98 Å². The van der Waals surface area contributed by atoms with Gasteiger partial charge >= 0.3 is 5.97 Å². The number of esters is 1. The van der Waals surface area contributed by atoms with Crippen LogP contribution in [0.25, 0.3) is 33.3 Å². The van der Waals surface area contributed by atoms with E-state index in [9.17, 15) is 9.59 Å². The summed E-state index contributed by atoms with van der Waals surface area (Å²) in [6.45, 7) is 5.98. The summed E-state index contributed by atoms with van der Waals surface area (Å²) in [5, 5.41) is 4.13. The molecule has 0 aliphatic carbocycles. The molecule has 0 saturated heterocycles. The predicted octanol–water partition coefficient (Wildman–Crippen LogP) is 7.61. The molecule has 208 valence electrons. The Morgan fingerprint density at radius 1 is 0.854 bits per heavy atom. The Labute approximate surface area is 242 Å². The molecule has 3 aromatic carbocycles. The number of fused-ring (bicyclic) bond motifs is 1. The molecule has 2 aromatic heterocycles. The van der Waals surface area contributed by atoms with E-state index in [4.69, 9.17) is 19.2 Å². The van der Waals surface area contributed by atoms with Gasteiger partial charge in [0, 0.05) is 21.4 Å². The average Bonchev–Trinajstić information content (AvgIpc) is 3.30. The highest BCUT2D eigenvalue weighted by Gasteiger charge is 2.27. The molecular weight excluding hydrogens is 536 g/mol. The van der Waals surface area contributed by atoms with E-state index < -0.39 is 5.97 Å². The first-order valence-corrected chi connectivity index (χ1v) is 13.8. The molecule has 7 nitrogen and oxygen atoms in total. The number of para-hydroxylation sites is 1. The number of nitrogens with one attached hydrogen (secondary N) is 1. The Morgan fingerprint density at radius 2 is 1.63 bits per heavy atom. The number of aryl methyl sites for hydroxylation is 3. The van der Waals surface area contributed by atoms with Gasteiger partial charge in [-0.25, -0.2) is 9.78 Å². The summed E-state index contributed by atoms with van der Waals surface area (Å²) in [6.07, 6.45) is 0. The smallest absolute Gasteiger partial charge is 0.341 e. The molecule has 8 heteroatoms. The van der Waals surface area contributed by atoms with E-state index in [0.717, 1.165) is 27.1 Å². The summed E-state index contributed by atoms with van der Waals surface area (Å²) < 4.78 is 16.2. The van der Waals surface area contributed by atoms with Gasteiger partial charge in [0.15, 0.2) is 0 Å². The van der Waals surface area contributed by atoms with Crippen LogP contribution in [0.5, 0.6) is 11.5 Å². The summed E-state index contributed by atoms with van der Waals surface area (Å²) in [4.78, 5) is 32.8. The van der Waals surface area contributed by atoms with E-state index in [2.05, 4.69) is 11.4 Å². The zero-order chi connectivity index (χ0) is 29.3. The second-order valence-corrected chi connectivity index (χ2v) is 10.9. The third-order valence-corrected chi connectivity index (χ3v) is 8.02. The van der Waals surface area contributed by atoms with Gasteiger partial charge in [-0.3, -0.25) is 4.79 Å². The Hall–Kier alpha value is -4.69. The summed E-state index contributed by atoms with van der Waals surface area (Å²) in [5.74, 6) is 0.351. The van der Waals surface area contributed by atoms with Crippen LogP contribution in [0, 0.1) is 20.8 Å². The van der Waals surface area contributed by atoms with E-state index in [1.165, 1.54) is 18.4 Å². The second kappa shape index (κ2) is 11.4. The monoisotopic (exact) mass is 566 g/mol. The topological polar surface area (TPSA) is 86.8 Å². The molecule has 2 heterocycles. The number of carbonyl (C=O) groups excluding carboxylic acids is 2. The molecule has 41 heavy (non-hydrogen) atoms. The van der Waals surface area contributed by atoms with Gasteiger partial charge < -0.3 is 19.5 Å². The zero-order valence-electron chi connectivity index (χ0n) is 23.7. The van der Waals surface area contributed by atoms with Crippen molar-refractivity contribution in [2.45, 2.75) is 20.8 Å². The minimum atomic E-state index is -0.513. The normalized spacial score (nSPS) is 10.9. The lowest BCUT2D eigenvalue weighted by Crippen LogP contribution is -2.15. The standard InChI is InChI=1S/C33H30N2O5S/c1-18-11-13-22(19(2)15-18)29-20(3)41-32(30(29)33(37)40-6)35-31(36)24-17-27(34-26-10-8-7-9-23(24)26)25-16-21(38-4)12-14-28(25)39-5/h7-17H,1-6H3,(H,35,36). The molecule has 0 radical (unpaired) electrons. The van der Waals surface area contributed by atoms with E-state index >= 15 is 0 Å². The third kappa shape index (κ3) is 5.26. The second-order valence-electron chi connectivity index (χ2n) is 9.64. The van der Waals surface area contributed by atoms with Gasteiger partial charge in [0.2, 0.25) is 0 Å². The highest BCUT2D eigenvalue weighted by Crippen LogP contribution is 2.42. The molecule has 0 saturated carbocycles. The van der Waals surface area contributed by atoms with Crippen LogP contribution in [-0.2, 0) is 4.74 Å². The van der Waals surface area contributed by atoms with Crippen LogP contribution in [0.4, 0.5) is 5.00 Å². The number of hydrogen-bond donors (Lipinski definition) is 1. The summed E-state index contributed by atoms with van der Waals surface area (Å²) >= 11 is 1.35. The number of nitrogens with zero attached hydrogens (tertiary/aromatic N) is 1. The molecule has 0 bridgehead atoms. The van der Waals surface area contributed by atoms with Crippen molar-refractivity contribution in [3.05, 3.63) is 93.9 Å². The van der Waals surface area contributed by atoms with E-state index in [-0.39, 0.29) is 5.91 Å². The Kier molecular flexibility index (Phi) is 7.77. The largest absolute Gasteiger partial charge is 0.497 e. The van der Waals surface area contributed by atoms with Crippen molar-refractivity contribution in [3.8, 4) is 33.9 Å². The fraction of sp³-hybridized carbons (Fsp3) is 0.182. The first-order chi connectivity index (χ1) is 19.7. The minimum absolute atomic E-state index is 0.336. The Bertz CT molecular complexity index is 1810. The number of benzene rings is 3. The maximum absolute atomic E-state index is 14.0. The van der Waals surface area contributed by atoms with Gasteiger partial charge in [0.25, 0.3) is 5.91 Å². The molecule has 5 rings (SSSR count). The maximum Gasteiger partial charge on any atom is 0.341 e. The lowest BCUT2D eigenvalue weighted by Gasteiger charge is -2.14. The summed E-state index contributed by atoms with van der Waals surface area (Å²) in [6, 6.07) is 20.7. The van der Waals surface area contributed by atoms with Gasteiger partial charge in [-0.15, -0.1) is 11.3 Å². The SMILES string of the molecule is COC(=O)c1c(NC(=O)c2cc(-c3cc(OC)ccc3OC)nc3ccccc23)sc(C)c1-c1ccc(C)cc1C. The molecule has 0 spiro atoms. The lowest BCUT2D eigenvalue weighted by molar-refractivity contribution is 0.0603. The highest BCUT2D eigenvalue weighted by atomic mass is 32.1. The molecule has 0 aliphatic heterocycles. The first kappa shape index (κ1) is 27.9. The van der Waals surface area contributed by atoms with Gasteiger partial charge in [-0.2, -0.15) is 0 Å². The quantitative estimate of drug-likeness (QED) is 0.204. The number of methoxy groups -OCH3 is 3. The number of pyridine rings is 1. The Balaban J connectivity index is 1.65. The van der Waals surface area contributed by atoms with Crippen molar-refractivity contribution in [2.75, 3.05) is 26.6 Å². The molecule has 1 amide bonds. The summed E-state index contributed by atoms with van der Waals surface area (Å²) in [7, 11) is 4.52. The van der Waals surface area contributed by atoms with Crippen LogP contribution in [-0.4, -0.2) is 38.2 Å². The number of thiophene rings is 1. The third-order valence-electron chi connectivity index (χ3n) is 7.00. The number of amides is 1. The van der Waals surface area contributed by atoms with Crippen LogP contribution in [0.3, 0.4) is 0 Å². The minimum Gasteiger partial charge on any atom is -0.497 e. The molecule has 1 N–H and O–H groups in total. The predicted molar refractivity (Wildman–Crippen MR) is 164 cm³/mol. The molecule has 0 aliphatic rings. The van der Waals surface area contributed by atoms with Gasteiger partial charge in [-0.1, -0.05) is 42.0 Å². The lowest BCUT2D eigenvalue weighted by atomic mass is 9.95. The van der Waals surface area contributed by atoms with Crippen LogP contribution in [0.15, 0.2) is 66.7 Å². The fourth-order valence-corrected chi connectivity index (χ4v) is 6.09. The van der Waals surface area contributed by atoms with Crippen molar-refractivity contribution in [1.29, 1.82) is 0 Å². The zero-order valence-corrected chi connectivity index (χ0v) is 24.6. The molecular formula is C33H30N2O5S. The fourth-order valence-electron chi connectivity index (χ4n) is 5.03.